The van der Waals surface area contributed by atoms with E-state index in [9.17, 15) is 4.79 Å². The molecule has 2 aromatic carbocycles. The van der Waals surface area contributed by atoms with Crippen molar-refractivity contribution in [3.63, 3.8) is 0 Å². The predicted octanol–water partition coefficient (Wildman–Crippen LogP) is 4.36. The quantitative estimate of drug-likeness (QED) is 0.536. The number of carbonyl (C=O) groups excluding carboxylic acids is 1. The highest BCUT2D eigenvalue weighted by Crippen LogP contribution is 2.20. The molecule has 0 atom stereocenters. The molecule has 0 bridgehead atoms. The fourth-order valence-electron chi connectivity index (χ4n) is 2.22. The molecule has 22 heavy (non-hydrogen) atoms. The monoisotopic (exact) mass is 372 g/mol. The molecule has 3 aromatic rings. The van der Waals surface area contributed by atoms with Gasteiger partial charge in [-0.1, -0.05) is 42.5 Å². The van der Waals surface area contributed by atoms with Crippen molar-refractivity contribution in [1.29, 1.82) is 0 Å². The van der Waals surface area contributed by atoms with Gasteiger partial charge in [0.1, 0.15) is 0 Å². The maximum Gasteiger partial charge on any atom is 0.244 e. The van der Waals surface area contributed by atoms with Crippen molar-refractivity contribution in [1.82, 2.24) is 5.43 Å². The fraction of sp³-hybridized carbons (Fsp3) is 0.0588. The van der Waals surface area contributed by atoms with E-state index in [1.165, 1.54) is 0 Å². The molecule has 0 aliphatic carbocycles. The van der Waals surface area contributed by atoms with Crippen LogP contribution in [0, 0.1) is 0 Å². The minimum Gasteiger partial charge on any atom is -0.273 e. The van der Waals surface area contributed by atoms with Gasteiger partial charge in [-0.2, -0.15) is 5.10 Å². The second-order valence-electron chi connectivity index (χ2n) is 4.75. The van der Waals surface area contributed by atoms with Gasteiger partial charge in [0, 0.05) is 4.88 Å². The molecule has 0 radical (unpaired) electrons. The zero-order chi connectivity index (χ0) is 15.4. The lowest BCUT2D eigenvalue weighted by atomic mass is 10.0. The smallest absolute Gasteiger partial charge is 0.244 e. The summed E-state index contributed by atoms with van der Waals surface area (Å²) in [6.07, 6.45) is 1.96. The van der Waals surface area contributed by atoms with E-state index in [1.807, 2.05) is 54.6 Å². The second-order valence-corrected chi connectivity index (χ2v) is 7.24. The Morgan fingerprint density at radius 3 is 2.77 bits per heavy atom. The van der Waals surface area contributed by atoms with Gasteiger partial charge >= 0.3 is 0 Å². The number of hydrogen-bond acceptors (Lipinski definition) is 3. The zero-order valence-corrected chi connectivity index (χ0v) is 14.0. The van der Waals surface area contributed by atoms with Crippen molar-refractivity contribution in [3.05, 3.63) is 68.8 Å². The molecular formula is C17H13BrN2OS. The van der Waals surface area contributed by atoms with E-state index in [-0.39, 0.29) is 5.91 Å². The van der Waals surface area contributed by atoms with E-state index < -0.39 is 0 Å². The molecule has 3 rings (SSSR count). The number of amides is 1. The summed E-state index contributed by atoms with van der Waals surface area (Å²) in [7, 11) is 0. The van der Waals surface area contributed by atoms with Crippen LogP contribution < -0.4 is 5.43 Å². The summed E-state index contributed by atoms with van der Waals surface area (Å²) >= 11 is 4.95. The average molecular weight is 373 g/mol. The van der Waals surface area contributed by atoms with Gasteiger partial charge in [-0.3, -0.25) is 4.79 Å². The Balaban J connectivity index is 1.67. The van der Waals surface area contributed by atoms with Gasteiger partial charge in [-0.25, -0.2) is 5.43 Å². The molecule has 0 spiro atoms. The summed E-state index contributed by atoms with van der Waals surface area (Å²) in [5.41, 5.74) is 3.58. The lowest BCUT2D eigenvalue weighted by Gasteiger charge is -2.05. The molecule has 0 saturated heterocycles. The third-order valence-electron chi connectivity index (χ3n) is 3.21. The minimum absolute atomic E-state index is 0.122. The maximum absolute atomic E-state index is 12.0. The van der Waals surface area contributed by atoms with Crippen molar-refractivity contribution in [3.8, 4) is 0 Å². The summed E-state index contributed by atoms with van der Waals surface area (Å²) in [4.78, 5) is 13.0. The van der Waals surface area contributed by atoms with Crippen LogP contribution >= 0.6 is 27.3 Å². The first-order chi connectivity index (χ1) is 10.7. The number of halogens is 1. The number of rotatable bonds is 4. The van der Waals surface area contributed by atoms with Gasteiger partial charge < -0.3 is 0 Å². The van der Waals surface area contributed by atoms with Crippen LogP contribution in [0.4, 0.5) is 0 Å². The molecule has 0 aliphatic rings. The number of carbonyl (C=O) groups is 1. The van der Waals surface area contributed by atoms with Crippen LogP contribution in [0.25, 0.3) is 10.8 Å². The Bertz CT molecular complexity index is 836. The first kappa shape index (κ1) is 14.9. The third kappa shape index (κ3) is 3.61. The molecule has 1 amide bonds. The molecule has 5 heteroatoms. The molecule has 1 aromatic heterocycles. The van der Waals surface area contributed by atoms with Crippen LogP contribution in [0.5, 0.6) is 0 Å². The maximum atomic E-state index is 12.0. The number of hydrogen-bond donors (Lipinski definition) is 1. The van der Waals surface area contributed by atoms with Crippen LogP contribution in [0.3, 0.4) is 0 Å². The van der Waals surface area contributed by atoms with Crippen LogP contribution in [0.15, 0.2) is 63.5 Å². The Morgan fingerprint density at radius 2 is 1.95 bits per heavy atom. The molecular weight excluding hydrogens is 360 g/mol. The van der Waals surface area contributed by atoms with Gasteiger partial charge in [0.05, 0.1) is 16.4 Å². The lowest BCUT2D eigenvalue weighted by Crippen LogP contribution is -2.19. The Labute approximate surface area is 140 Å². The van der Waals surface area contributed by atoms with Gasteiger partial charge in [-0.05, 0) is 44.4 Å². The first-order valence-corrected chi connectivity index (χ1v) is 8.37. The van der Waals surface area contributed by atoms with Crippen molar-refractivity contribution in [2.24, 2.45) is 5.10 Å². The molecule has 1 N–H and O–H groups in total. The van der Waals surface area contributed by atoms with E-state index in [2.05, 4.69) is 26.5 Å². The van der Waals surface area contributed by atoms with E-state index >= 15 is 0 Å². The van der Waals surface area contributed by atoms with Crippen LogP contribution in [-0.2, 0) is 11.2 Å². The number of fused-ring (bicyclic) bond motifs is 1. The minimum atomic E-state index is -0.122. The summed E-state index contributed by atoms with van der Waals surface area (Å²) in [5.74, 6) is -0.122. The van der Waals surface area contributed by atoms with Gasteiger partial charge in [0.2, 0.25) is 5.91 Å². The first-order valence-electron chi connectivity index (χ1n) is 6.76. The SMILES string of the molecule is O=C(Cc1cccc2ccccc12)NN=Cc1ccc(Br)s1. The van der Waals surface area contributed by atoms with Crippen molar-refractivity contribution in [2.45, 2.75) is 6.42 Å². The topological polar surface area (TPSA) is 41.5 Å². The molecule has 3 nitrogen and oxygen atoms in total. The normalized spacial score (nSPS) is 11.1. The largest absolute Gasteiger partial charge is 0.273 e. The summed E-state index contributed by atoms with van der Waals surface area (Å²) in [6, 6.07) is 17.9. The summed E-state index contributed by atoms with van der Waals surface area (Å²) < 4.78 is 1.04. The lowest BCUT2D eigenvalue weighted by molar-refractivity contribution is -0.120. The van der Waals surface area contributed by atoms with E-state index in [0.29, 0.717) is 6.42 Å². The Kier molecular flexibility index (Phi) is 4.65. The van der Waals surface area contributed by atoms with Crippen molar-refractivity contribution >= 4 is 50.2 Å². The molecule has 0 fully saturated rings. The molecule has 1 heterocycles. The predicted molar refractivity (Wildman–Crippen MR) is 95.4 cm³/mol. The van der Waals surface area contributed by atoms with Crippen LogP contribution in [0.1, 0.15) is 10.4 Å². The fourth-order valence-corrected chi connectivity index (χ4v) is 3.52. The zero-order valence-electron chi connectivity index (χ0n) is 11.6. The van der Waals surface area contributed by atoms with E-state index in [1.54, 1.807) is 17.6 Å². The van der Waals surface area contributed by atoms with Gasteiger partial charge in [0.15, 0.2) is 0 Å². The average Bonchev–Trinajstić information content (AvgIpc) is 2.93. The molecule has 110 valence electrons. The van der Waals surface area contributed by atoms with Crippen LogP contribution in [0.2, 0.25) is 0 Å². The number of nitrogens with one attached hydrogen (secondary N) is 1. The number of hydrazone groups is 1. The van der Waals surface area contributed by atoms with Gasteiger partial charge in [-0.15, -0.1) is 11.3 Å². The van der Waals surface area contributed by atoms with Crippen molar-refractivity contribution < 1.29 is 4.79 Å². The Morgan fingerprint density at radius 1 is 1.14 bits per heavy atom. The molecule has 0 aliphatic heterocycles. The highest BCUT2D eigenvalue weighted by molar-refractivity contribution is 9.11. The highest BCUT2D eigenvalue weighted by Gasteiger charge is 2.05. The Hall–Kier alpha value is -1.98. The summed E-state index contributed by atoms with van der Waals surface area (Å²) in [5, 5.41) is 6.24. The van der Waals surface area contributed by atoms with Crippen molar-refractivity contribution in [2.75, 3.05) is 0 Å². The summed E-state index contributed by atoms with van der Waals surface area (Å²) in [6.45, 7) is 0. The number of thiophene rings is 1. The highest BCUT2D eigenvalue weighted by atomic mass is 79.9. The third-order valence-corrected chi connectivity index (χ3v) is 4.76. The molecule has 0 saturated carbocycles. The van der Waals surface area contributed by atoms with E-state index in [0.717, 1.165) is 25.0 Å². The van der Waals surface area contributed by atoms with Gasteiger partial charge in [0.25, 0.3) is 0 Å². The standard InChI is InChI=1S/C17H13BrN2OS/c18-16-9-8-14(22-16)11-19-20-17(21)10-13-6-3-5-12-4-1-2-7-15(12)13/h1-9,11H,10H2,(H,20,21). The second kappa shape index (κ2) is 6.85. The van der Waals surface area contributed by atoms with E-state index in [4.69, 9.17) is 0 Å². The number of benzene rings is 2. The molecule has 0 unspecified atom stereocenters. The number of nitrogens with zero attached hydrogens (tertiary/aromatic N) is 1. The van der Waals surface area contributed by atoms with Crippen LogP contribution in [-0.4, -0.2) is 12.1 Å².